The average Bonchev–Trinajstić information content (AvgIpc) is 2.48. The Balaban J connectivity index is 3.06. The molecule has 1 aliphatic carbocycles. The molecule has 0 bridgehead atoms. The van der Waals surface area contributed by atoms with Gasteiger partial charge in [-0.05, 0) is 57.8 Å². The van der Waals surface area contributed by atoms with E-state index in [-0.39, 0.29) is 0 Å². The first-order valence-electron chi connectivity index (χ1n) is 9.98. The Bertz CT molecular complexity index is 348. The zero-order valence-corrected chi connectivity index (χ0v) is 17.0. The van der Waals surface area contributed by atoms with Gasteiger partial charge in [-0.15, -0.1) is 0 Å². The van der Waals surface area contributed by atoms with Crippen LogP contribution in [0.2, 0.25) is 0 Å². The van der Waals surface area contributed by atoms with Crippen molar-refractivity contribution in [3.63, 3.8) is 0 Å². The first-order valence-corrected chi connectivity index (χ1v) is 9.98. The molecule has 2 heteroatoms. The minimum absolute atomic E-state index is 0.565. The Morgan fingerprint density at radius 3 is 2.13 bits per heavy atom. The first-order chi connectivity index (χ1) is 10.8. The predicted molar refractivity (Wildman–Crippen MR) is 103 cm³/mol. The van der Waals surface area contributed by atoms with Crippen LogP contribution in [0.25, 0.3) is 0 Å². The summed E-state index contributed by atoms with van der Waals surface area (Å²) >= 11 is 0. The van der Waals surface area contributed by atoms with E-state index in [1.807, 2.05) is 0 Å². The summed E-state index contributed by atoms with van der Waals surface area (Å²) in [7, 11) is 2.35. The molecule has 4 unspecified atom stereocenters. The molecular weight excluding hydrogens is 280 g/mol. The molecule has 0 aromatic heterocycles. The van der Waals surface area contributed by atoms with E-state index >= 15 is 0 Å². The Morgan fingerprint density at radius 1 is 1.09 bits per heavy atom. The quantitative estimate of drug-likeness (QED) is 0.415. The molecule has 1 fully saturated rings. The highest BCUT2D eigenvalue weighted by molar-refractivity contribution is 4.95. The van der Waals surface area contributed by atoms with Gasteiger partial charge in [0.25, 0.3) is 0 Å². The monoisotopic (exact) mass is 322 g/mol. The average molecular weight is 323 g/mol. The predicted octanol–water partition coefficient (Wildman–Crippen LogP) is 5.75. The van der Waals surface area contributed by atoms with Gasteiger partial charge in [-0.3, -0.25) is 0 Å². The van der Waals surface area contributed by atoms with Crippen molar-refractivity contribution in [2.24, 2.45) is 17.8 Å². The molecular formula is C21H42N2. The highest BCUT2D eigenvalue weighted by Crippen LogP contribution is 2.33. The molecule has 0 N–H and O–H groups in total. The standard InChI is InChI=1S/C21H42N2/c1-9-13-19(10-2)21(16(3)4)22(8)23(17(5)6)20-15-12-11-14-18(20)7/h9,13,16-21H,10-12,14-15H2,1-8H3/b13-9+. The van der Waals surface area contributed by atoms with E-state index in [0.717, 1.165) is 5.92 Å². The van der Waals surface area contributed by atoms with E-state index in [1.165, 1.54) is 32.1 Å². The maximum atomic E-state index is 2.72. The maximum Gasteiger partial charge on any atom is 0.0328 e. The molecule has 0 spiro atoms. The van der Waals surface area contributed by atoms with Crippen molar-refractivity contribution < 1.29 is 0 Å². The highest BCUT2D eigenvalue weighted by atomic mass is 15.6. The molecule has 2 nitrogen and oxygen atoms in total. The molecule has 0 saturated heterocycles. The SMILES string of the molecule is C/C=C/C(CC)C(C(C)C)N(C)N(C(C)C)C1CCCCC1C. The van der Waals surface area contributed by atoms with Gasteiger partial charge in [0.05, 0.1) is 0 Å². The second kappa shape index (κ2) is 9.84. The summed E-state index contributed by atoms with van der Waals surface area (Å²) in [5, 5.41) is 5.34. The van der Waals surface area contributed by atoms with Gasteiger partial charge in [0, 0.05) is 25.2 Å². The van der Waals surface area contributed by atoms with Gasteiger partial charge in [-0.1, -0.05) is 52.7 Å². The topological polar surface area (TPSA) is 6.48 Å². The van der Waals surface area contributed by atoms with Crippen LogP contribution in [-0.2, 0) is 0 Å². The van der Waals surface area contributed by atoms with Crippen molar-refractivity contribution in [2.45, 2.75) is 98.7 Å². The van der Waals surface area contributed by atoms with E-state index in [1.54, 1.807) is 0 Å². The molecule has 0 aromatic rings. The molecule has 0 radical (unpaired) electrons. The Labute approximate surface area is 146 Å². The molecule has 23 heavy (non-hydrogen) atoms. The van der Waals surface area contributed by atoms with Crippen LogP contribution in [0, 0.1) is 17.8 Å². The van der Waals surface area contributed by atoms with Crippen LogP contribution in [0.5, 0.6) is 0 Å². The lowest BCUT2D eigenvalue weighted by Gasteiger charge is -2.50. The lowest BCUT2D eigenvalue weighted by Crippen LogP contribution is -2.59. The van der Waals surface area contributed by atoms with E-state index < -0.39 is 0 Å². The number of nitrogens with zero attached hydrogens (tertiary/aromatic N) is 2. The molecule has 4 atom stereocenters. The van der Waals surface area contributed by atoms with Gasteiger partial charge in [0.2, 0.25) is 0 Å². The van der Waals surface area contributed by atoms with Gasteiger partial charge in [-0.25, -0.2) is 10.0 Å². The van der Waals surface area contributed by atoms with Crippen molar-refractivity contribution in [2.75, 3.05) is 7.05 Å². The van der Waals surface area contributed by atoms with Gasteiger partial charge in [0.15, 0.2) is 0 Å². The highest BCUT2D eigenvalue weighted by Gasteiger charge is 2.36. The van der Waals surface area contributed by atoms with Crippen molar-refractivity contribution in [3.05, 3.63) is 12.2 Å². The maximum absolute atomic E-state index is 2.72. The fraction of sp³-hybridized carbons (Fsp3) is 0.905. The van der Waals surface area contributed by atoms with Crippen LogP contribution in [0.1, 0.15) is 80.6 Å². The van der Waals surface area contributed by atoms with Gasteiger partial charge >= 0.3 is 0 Å². The zero-order chi connectivity index (χ0) is 17.6. The van der Waals surface area contributed by atoms with Crippen LogP contribution in [0.3, 0.4) is 0 Å². The minimum Gasteiger partial charge on any atom is -0.240 e. The third kappa shape index (κ3) is 5.32. The zero-order valence-electron chi connectivity index (χ0n) is 17.0. The molecule has 1 aliphatic rings. The largest absolute Gasteiger partial charge is 0.240 e. The summed E-state index contributed by atoms with van der Waals surface area (Å²) in [6.45, 7) is 16.4. The molecule has 1 saturated carbocycles. The number of allylic oxidation sites excluding steroid dienone is 1. The van der Waals surface area contributed by atoms with Crippen LogP contribution < -0.4 is 0 Å². The van der Waals surface area contributed by atoms with Crippen LogP contribution in [0.4, 0.5) is 0 Å². The van der Waals surface area contributed by atoms with Gasteiger partial charge < -0.3 is 0 Å². The van der Waals surface area contributed by atoms with E-state index in [4.69, 9.17) is 0 Å². The van der Waals surface area contributed by atoms with Crippen molar-refractivity contribution in [1.29, 1.82) is 0 Å². The molecule has 0 amide bonds. The van der Waals surface area contributed by atoms with Crippen LogP contribution in [-0.4, -0.2) is 35.2 Å². The van der Waals surface area contributed by atoms with Crippen molar-refractivity contribution in [3.8, 4) is 0 Å². The van der Waals surface area contributed by atoms with E-state index in [2.05, 4.69) is 77.7 Å². The number of rotatable bonds is 8. The van der Waals surface area contributed by atoms with Crippen LogP contribution in [0.15, 0.2) is 12.2 Å². The van der Waals surface area contributed by atoms with Crippen molar-refractivity contribution in [1.82, 2.24) is 10.0 Å². The fourth-order valence-corrected chi connectivity index (χ4v) is 4.77. The number of hydrogen-bond acceptors (Lipinski definition) is 2. The Kier molecular flexibility index (Phi) is 8.85. The van der Waals surface area contributed by atoms with Gasteiger partial charge in [-0.2, -0.15) is 0 Å². The van der Waals surface area contributed by atoms with Crippen molar-refractivity contribution >= 4 is 0 Å². The Morgan fingerprint density at radius 2 is 1.70 bits per heavy atom. The summed E-state index contributed by atoms with van der Waals surface area (Å²) in [6.07, 6.45) is 11.4. The smallest absolute Gasteiger partial charge is 0.0328 e. The number of hydrogen-bond donors (Lipinski definition) is 0. The molecule has 0 aliphatic heterocycles. The molecule has 0 heterocycles. The van der Waals surface area contributed by atoms with E-state index in [9.17, 15) is 0 Å². The first kappa shape index (κ1) is 20.7. The summed E-state index contributed by atoms with van der Waals surface area (Å²) < 4.78 is 0. The third-order valence-electron chi connectivity index (χ3n) is 5.76. The molecule has 1 rings (SSSR count). The number of hydrazine groups is 1. The third-order valence-corrected chi connectivity index (χ3v) is 5.76. The second-order valence-corrected chi connectivity index (χ2v) is 8.21. The second-order valence-electron chi connectivity index (χ2n) is 8.21. The summed E-state index contributed by atoms with van der Waals surface area (Å²) in [5.41, 5.74) is 0. The van der Waals surface area contributed by atoms with Gasteiger partial charge in [0.1, 0.15) is 0 Å². The Hall–Kier alpha value is -0.340. The van der Waals surface area contributed by atoms with E-state index in [0.29, 0.717) is 30.0 Å². The lowest BCUT2D eigenvalue weighted by molar-refractivity contribution is -0.134. The molecule has 0 aromatic carbocycles. The summed E-state index contributed by atoms with van der Waals surface area (Å²) in [5.74, 6) is 2.09. The summed E-state index contributed by atoms with van der Waals surface area (Å²) in [4.78, 5) is 0. The summed E-state index contributed by atoms with van der Waals surface area (Å²) in [6, 6.07) is 1.85. The van der Waals surface area contributed by atoms with Crippen LogP contribution >= 0.6 is 0 Å². The molecule has 136 valence electrons. The lowest BCUT2D eigenvalue weighted by atomic mass is 9.84. The minimum atomic E-state index is 0.565. The fourth-order valence-electron chi connectivity index (χ4n) is 4.77. The normalized spacial score (nSPS) is 25.9.